The average molecular weight is 307 g/mol. The number of aryl methyl sites for hydroxylation is 2. The van der Waals surface area contributed by atoms with Gasteiger partial charge >= 0.3 is 0 Å². The summed E-state index contributed by atoms with van der Waals surface area (Å²) in [6.07, 6.45) is 0.820. The molecule has 1 aromatic carbocycles. The fourth-order valence-electron chi connectivity index (χ4n) is 2.04. The average Bonchev–Trinajstić information content (AvgIpc) is 2.81. The second-order valence-corrected chi connectivity index (χ2v) is 5.73. The van der Waals surface area contributed by atoms with E-state index < -0.39 is 5.82 Å². The number of rotatable bonds is 5. The second kappa shape index (κ2) is 6.67. The number of benzene rings is 1. The Kier molecular flexibility index (Phi) is 4.90. The van der Waals surface area contributed by atoms with Crippen LogP contribution in [0.25, 0.3) is 0 Å². The van der Waals surface area contributed by atoms with Crippen molar-refractivity contribution in [2.75, 3.05) is 17.2 Å². The zero-order valence-corrected chi connectivity index (χ0v) is 13.1. The standard InChI is InChI=1S/C15H18FN3OS/c1-4-12-9(3)21-15(18-12)19-14(20)10-7-6-8-11(16)13(10)17-5-2/h6-8,17H,4-5H2,1-3H3,(H,18,19,20). The predicted molar refractivity (Wildman–Crippen MR) is 84.7 cm³/mol. The Hall–Kier alpha value is -1.95. The number of hydrogen-bond donors (Lipinski definition) is 2. The Morgan fingerprint density at radius 2 is 2.14 bits per heavy atom. The molecule has 2 aromatic rings. The maximum atomic E-state index is 13.8. The molecule has 6 heteroatoms. The van der Waals surface area contributed by atoms with Crippen LogP contribution < -0.4 is 10.6 Å². The van der Waals surface area contributed by atoms with E-state index in [0.29, 0.717) is 11.7 Å². The molecule has 1 amide bonds. The van der Waals surface area contributed by atoms with Crippen LogP contribution in [0.3, 0.4) is 0 Å². The normalized spacial score (nSPS) is 10.5. The maximum absolute atomic E-state index is 13.8. The third-order valence-corrected chi connectivity index (χ3v) is 3.99. The van der Waals surface area contributed by atoms with Crippen LogP contribution in [0.5, 0.6) is 0 Å². The van der Waals surface area contributed by atoms with E-state index in [0.717, 1.165) is 17.0 Å². The summed E-state index contributed by atoms with van der Waals surface area (Å²) in [5, 5.41) is 6.17. The van der Waals surface area contributed by atoms with E-state index in [1.807, 2.05) is 20.8 Å². The minimum absolute atomic E-state index is 0.224. The van der Waals surface area contributed by atoms with E-state index in [1.54, 1.807) is 6.07 Å². The van der Waals surface area contributed by atoms with Gasteiger partial charge in [-0.15, -0.1) is 11.3 Å². The zero-order chi connectivity index (χ0) is 15.4. The monoisotopic (exact) mass is 307 g/mol. The van der Waals surface area contributed by atoms with Gasteiger partial charge in [0.1, 0.15) is 5.82 Å². The first-order valence-corrected chi connectivity index (χ1v) is 7.68. The van der Waals surface area contributed by atoms with E-state index in [2.05, 4.69) is 15.6 Å². The number of nitrogens with zero attached hydrogens (tertiary/aromatic N) is 1. The molecule has 112 valence electrons. The Labute approximate surface area is 127 Å². The number of para-hydroxylation sites is 1. The fraction of sp³-hybridized carbons (Fsp3) is 0.333. The van der Waals surface area contributed by atoms with Crippen LogP contribution in [0.1, 0.15) is 34.8 Å². The van der Waals surface area contributed by atoms with Crippen molar-refractivity contribution in [1.29, 1.82) is 0 Å². The smallest absolute Gasteiger partial charge is 0.259 e. The van der Waals surface area contributed by atoms with E-state index in [-0.39, 0.29) is 17.2 Å². The topological polar surface area (TPSA) is 54.0 Å². The van der Waals surface area contributed by atoms with Crippen LogP contribution in [0, 0.1) is 12.7 Å². The summed E-state index contributed by atoms with van der Waals surface area (Å²) in [4.78, 5) is 17.8. The molecule has 0 spiro atoms. The first-order chi connectivity index (χ1) is 10.1. The minimum Gasteiger partial charge on any atom is -0.382 e. The van der Waals surface area contributed by atoms with Gasteiger partial charge in [-0.3, -0.25) is 10.1 Å². The number of hydrogen-bond acceptors (Lipinski definition) is 4. The number of carbonyl (C=O) groups excluding carboxylic acids is 1. The van der Waals surface area contributed by atoms with Gasteiger partial charge < -0.3 is 5.32 Å². The molecule has 1 heterocycles. The van der Waals surface area contributed by atoms with Crippen molar-refractivity contribution in [3.63, 3.8) is 0 Å². The summed E-state index contributed by atoms with van der Waals surface area (Å²) < 4.78 is 13.8. The van der Waals surface area contributed by atoms with Gasteiger partial charge in [0.25, 0.3) is 5.91 Å². The largest absolute Gasteiger partial charge is 0.382 e. The molecule has 4 nitrogen and oxygen atoms in total. The van der Waals surface area contributed by atoms with Crippen LogP contribution in [0.15, 0.2) is 18.2 Å². The molecule has 0 aliphatic heterocycles. The quantitative estimate of drug-likeness (QED) is 0.882. The number of amides is 1. The lowest BCUT2D eigenvalue weighted by Gasteiger charge is -2.10. The number of anilines is 2. The highest BCUT2D eigenvalue weighted by atomic mass is 32.1. The van der Waals surface area contributed by atoms with Gasteiger partial charge in [-0.1, -0.05) is 13.0 Å². The molecule has 21 heavy (non-hydrogen) atoms. The van der Waals surface area contributed by atoms with Crippen molar-refractivity contribution in [3.05, 3.63) is 40.2 Å². The molecule has 0 fully saturated rings. The van der Waals surface area contributed by atoms with E-state index in [9.17, 15) is 9.18 Å². The number of thiazole rings is 1. The molecule has 0 aliphatic rings. The lowest BCUT2D eigenvalue weighted by Crippen LogP contribution is -2.15. The summed E-state index contributed by atoms with van der Waals surface area (Å²) >= 11 is 1.43. The Morgan fingerprint density at radius 1 is 1.38 bits per heavy atom. The number of halogens is 1. The molecular formula is C15H18FN3OS. The fourth-order valence-corrected chi connectivity index (χ4v) is 2.94. The summed E-state index contributed by atoms with van der Waals surface area (Å²) in [6, 6.07) is 4.45. The van der Waals surface area contributed by atoms with Gasteiger partial charge in [0.15, 0.2) is 5.13 Å². The third-order valence-electron chi connectivity index (χ3n) is 3.06. The number of aromatic nitrogens is 1. The van der Waals surface area contributed by atoms with Gasteiger partial charge in [-0.2, -0.15) is 0 Å². The zero-order valence-electron chi connectivity index (χ0n) is 12.3. The van der Waals surface area contributed by atoms with Crippen molar-refractivity contribution in [1.82, 2.24) is 4.98 Å². The minimum atomic E-state index is -0.436. The molecule has 2 N–H and O–H groups in total. The summed E-state index contributed by atoms with van der Waals surface area (Å²) in [6.45, 7) is 6.38. The van der Waals surface area contributed by atoms with Crippen molar-refractivity contribution >= 4 is 28.1 Å². The highest BCUT2D eigenvalue weighted by Gasteiger charge is 2.16. The lowest BCUT2D eigenvalue weighted by atomic mass is 10.1. The molecule has 0 atom stereocenters. The van der Waals surface area contributed by atoms with Crippen LogP contribution >= 0.6 is 11.3 Å². The summed E-state index contributed by atoms with van der Waals surface area (Å²) in [7, 11) is 0. The van der Waals surface area contributed by atoms with Crippen molar-refractivity contribution < 1.29 is 9.18 Å². The summed E-state index contributed by atoms with van der Waals surface area (Å²) in [5.74, 6) is -0.795. The molecule has 0 aliphatic carbocycles. The Balaban J connectivity index is 2.25. The highest BCUT2D eigenvalue weighted by Crippen LogP contribution is 2.25. The first kappa shape index (κ1) is 15.4. The van der Waals surface area contributed by atoms with E-state index >= 15 is 0 Å². The van der Waals surface area contributed by atoms with Gasteiger partial charge in [0.05, 0.1) is 16.9 Å². The van der Waals surface area contributed by atoms with Crippen LogP contribution in [-0.2, 0) is 6.42 Å². The molecule has 0 radical (unpaired) electrons. The van der Waals surface area contributed by atoms with Gasteiger partial charge in [0, 0.05) is 11.4 Å². The summed E-state index contributed by atoms with van der Waals surface area (Å²) in [5.41, 5.74) is 1.48. The molecule has 0 bridgehead atoms. The first-order valence-electron chi connectivity index (χ1n) is 6.86. The molecule has 0 saturated carbocycles. The third kappa shape index (κ3) is 3.39. The van der Waals surface area contributed by atoms with Gasteiger partial charge in [0.2, 0.25) is 0 Å². The van der Waals surface area contributed by atoms with Crippen molar-refractivity contribution in [3.8, 4) is 0 Å². The Bertz CT molecular complexity index is 654. The van der Waals surface area contributed by atoms with E-state index in [4.69, 9.17) is 0 Å². The van der Waals surface area contributed by atoms with Crippen LogP contribution in [0.2, 0.25) is 0 Å². The molecule has 0 saturated heterocycles. The lowest BCUT2D eigenvalue weighted by molar-refractivity contribution is 0.102. The molecule has 2 rings (SSSR count). The highest BCUT2D eigenvalue weighted by molar-refractivity contribution is 7.15. The van der Waals surface area contributed by atoms with Crippen molar-refractivity contribution in [2.24, 2.45) is 0 Å². The number of carbonyl (C=O) groups is 1. The second-order valence-electron chi connectivity index (χ2n) is 4.52. The van der Waals surface area contributed by atoms with Crippen LogP contribution in [0.4, 0.5) is 15.2 Å². The maximum Gasteiger partial charge on any atom is 0.259 e. The Morgan fingerprint density at radius 3 is 2.76 bits per heavy atom. The predicted octanol–water partition coefficient (Wildman–Crippen LogP) is 3.84. The van der Waals surface area contributed by atoms with E-state index in [1.165, 1.54) is 23.5 Å². The van der Waals surface area contributed by atoms with Gasteiger partial charge in [-0.05, 0) is 32.4 Å². The molecular weight excluding hydrogens is 289 g/mol. The van der Waals surface area contributed by atoms with Gasteiger partial charge in [-0.25, -0.2) is 9.37 Å². The van der Waals surface area contributed by atoms with Crippen LogP contribution in [-0.4, -0.2) is 17.4 Å². The SMILES string of the molecule is CCNc1c(F)cccc1C(=O)Nc1nc(CC)c(C)s1. The van der Waals surface area contributed by atoms with Crippen molar-refractivity contribution in [2.45, 2.75) is 27.2 Å². The molecule has 1 aromatic heterocycles. The number of nitrogens with one attached hydrogen (secondary N) is 2. The molecule has 0 unspecified atom stereocenters.